The van der Waals surface area contributed by atoms with Crippen molar-refractivity contribution < 1.29 is 9.90 Å². The predicted octanol–water partition coefficient (Wildman–Crippen LogP) is 1.04. The van der Waals surface area contributed by atoms with Crippen LogP contribution in [0.3, 0.4) is 0 Å². The lowest BCUT2D eigenvalue weighted by molar-refractivity contribution is -0.121. The van der Waals surface area contributed by atoms with Crippen LogP contribution in [0.15, 0.2) is 24.3 Å². The molecule has 1 saturated heterocycles. The molecule has 1 aliphatic rings. The molecule has 1 heterocycles. The van der Waals surface area contributed by atoms with Gasteiger partial charge >= 0.3 is 0 Å². The second-order valence-corrected chi connectivity index (χ2v) is 3.57. The zero-order chi connectivity index (χ0) is 9.97. The highest BCUT2D eigenvalue weighted by Gasteiger charge is 2.23. The van der Waals surface area contributed by atoms with Crippen LogP contribution in [0.5, 0.6) is 5.75 Å². The highest BCUT2D eigenvalue weighted by atomic mass is 16.3. The van der Waals surface area contributed by atoms with Gasteiger partial charge in [-0.05, 0) is 17.7 Å². The van der Waals surface area contributed by atoms with Crippen LogP contribution < -0.4 is 5.32 Å². The van der Waals surface area contributed by atoms with Crippen molar-refractivity contribution in [3.8, 4) is 5.75 Å². The lowest BCUT2D eigenvalue weighted by Crippen LogP contribution is -2.35. The van der Waals surface area contributed by atoms with Gasteiger partial charge in [0.15, 0.2) is 0 Å². The van der Waals surface area contributed by atoms with Crippen molar-refractivity contribution in [3.63, 3.8) is 0 Å². The van der Waals surface area contributed by atoms with E-state index < -0.39 is 0 Å². The third-order valence-electron chi connectivity index (χ3n) is 2.56. The van der Waals surface area contributed by atoms with Crippen LogP contribution in [-0.2, 0) is 4.79 Å². The summed E-state index contributed by atoms with van der Waals surface area (Å²) in [5.74, 6) is 0.395. The molecule has 0 radical (unpaired) electrons. The van der Waals surface area contributed by atoms with Crippen LogP contribution in [0, 0.1) is 0 Å². The van der Waals surface area contributed by atoms with Crippen molar-refractivity contribution in [1.82, 2.24) is 5.32 Å². The Morgan fingerprint density at radius 2 is 2.29 bits per heavy atom. The third kappa shape index (κ3) is 1.77. The van der Waals surface area contributed by atoms with Crippen molar-refractivity contribution in [2.75, 3.05) is 13.1 Å². The number of rotatable bonds is 1. The second kappa shape index (κ2) is 3.80. The molecule has 0 aromatic heterocycles. The van der Waals surface area contributed by atoms with Gasteiger partial charge in [0.1, 0.15) is 11.5 Å². The van der Waals surface area contributed by atoms with E-state index >= 15 is 0 Å². The quantitative estimate of drug-likeness (QED) is 0.697. The molecule has 1 aliphatic heterocycles. The molecule has 0 amide bonds. The minimum absolute atomic E-state index is 0.0872. The lowest BCUT2D eigenvalue weighted by atomic mass is 9.90. The van der Waals surface area contributed by atoms with E-state index in [0.29, 0.717) is 13.0 Å². The van der Waals surface area contributed by atoms with Crippen LogP contribution in [0.1, 0.15) is 17.9 Å². The Kier molecular flexibility index (Phi) is 2.50. The summed E-state index contributed by atoms with van der Waals surface area (Å²) in [6, 6.07) is 6.93. The number of ketones is 1. The molecule has 1 aromatic rings. The van der Waals surface area contributed by atoms with Crippen molar-refractivity contribution in [2.45, 2.75) is 12.3 Å². The first kappa shape index (κ1) is 9.21. The molecule has 0 bridgehead atoms. The smallest absolute Gasteiger partial charge is 0.142 e. The monoisotopic (exact) mass is 191 g/mol. The van der Waals surface area contributed by atoms with E-state index in [1.165, 1.54) is 0 Å². The van der Waals surface area contributed by atoms with Crippen LogP contribution in [0.2, 0.25) is 0 Å². The molecule has 3 nitrogen and oxygen atoms in total. The summed E-state index contributed by atoms with van der Waals surface area (Å²) < 4.78 is 0. The van der Waals surface area contributed by atoms with Gasteiger partial charge in [0.2, 0.25) is 0 Å². The van der Waals surface area contributed by atoms with Crippen molar-refractivity contribution in [2.24, 2.45) is 0 Å². The SMILES string of the molecule is O=C1CCNCC1c1cccc(O)c1. The average molecular weight is 191 g/mol. The fraction of sp³-hybridized carbons (Fsp3) is 0.364. The molecule has 1 fully saturated rings. The maximum absolute atomic E-state index is 11.6. The van der Waals surface area contributed by atoms with E-state index in [9.17, 15) is 9.90 Å². The molecular formula is C11H13NO2. The number of benzene rings is 1. The molecule has 14 heavy (non-hydrogen) atoms. The molecule has 2 rings (SSSR count). The number of phenolic OH excluding ortho intramolecular Hbond substituents is 1. The summed E-state index contributed by atoms with van der Waals surface area (Å²) >= 11 is 0. The number of carbonyl (C=O) groups excluding carboxylic acids is 1. The molecule has 2 N–H and O–H groups in total. The molecule has 3 heteroatoms. The molecule has 0 saturated carbocycles. The highest BCUT2D eigenvalue weighted by molar-refractivity contribution is 5.87. The number of hydrogen-bond acceptors (Lipinski definition) is 3. The largest absolute Gasteiger partial charge is 0.508 e. The number of phenols is 1. The highest BCUT2D eigenvalue weighted by Crippen LogP contribution is 2.23. The van der Waals surface area contributed by atoms with E-state index in [2.05, 4.69) is 5.32 Å². The van der Waals surface area contributed by atoms with E-state index in [-0.39, 0.29) is 17.5 Å². The molecule has 1 unspecified atom stereocenters. The first-order valence-electron chi connectivity index (χ1n) is 4.80. The Bertz CT molecular complexity index is 349. The summed E-state index contributed by atoms with van der Waals surface area (Å²) in [7, 11) is 0. The van der Waals surface area contributed by atoms with Crippen molar-refractivity contribution >= 4 is 5.78 Å². The molecule has 0 aliphatic carbocycles. The van der Waals surface area contributed by atoms with Gasteiger partial charge in [0.05, 0.1) is 5.92 Å². The van der Waals surface area contributed by atoms with Gasteiger partial charge in [-0.3, -0.25) is 4.79 Å². The standard InChI is InChI=1S/C11H13NO2/c13-9-3-1-2-8(6-9)10-7-12-5-4-11(10)14/h1-3,6,10,12-13H,4-5,7H2. The van der Waals surface area contributed by atoms with Gasteiger partial charge in [-0.1, -0.05) is 12.1 Å². The third-order valence-corrected chi connectivity index (χ3v) is 2.56. The van der Waals surface area contributed by atoms with Crippen molar-refractivity contribution in [3.05, 3.63) is 29.8 Å². The molecule has 0 spiro atoms. The number of carbonyl (C=O) groups is 1. The van der Waals surface area contributed by atoms with E-state index in [0.717, 1.165) is 12.1 Å². The lowest BCUT2D eigenvalue weighted by Gasteiger charge is -2.21. The summed E-state index contributed by atoms with van der Waals surface area (Å²) in [6.07, 6.45) is 0.584. The molecule has 1 atom stereocenters. The number of aromatic hydroxyl groups is 1. The van der Waals surface area contributed by atoms with Gasteiger partial charge in [-0.25, -0.2) is 0 Å². The summed E-state index contributed by atoms with van der Waals surface area (Å²) in [5.41, 5.74) is 0.905. The minimum atomic E-state index is -0.0872. The topological polar surface area (TPSA) is 49.3 Å². The molecular weight excluding hydrogens is 178 g/mol. The summed E-state index contributed by atoms with van der Waals surface area (Å²) in [5, 5.41) is 12.5. The fourth-order valence-corrected chi connectivity index (χ4v) is 1.79. The van der Waals surface area contributed by atoms with Crippen LogP contribution in [-0.4, -0.2) is 24.0 Å². The zero-order valence-corrected chi connectivity index (χ0v) is 7.86. The maximum atomic E-state index is 11.6. The summed E-state index contributed by atoms with van der Waals surface area (Å²) in [6.45, 7) is 1.45. The van der Waals surface area contributed by atoms with E-state index in [4.69, 9.17) is 0 Å². The van der Waals surface area contributed by atoms with E-state index in [1.807, 2.05) is 6.07 Å². The van der Waals surface area contributed by atoms with Gasteiger partial charge in [0, 0.05) is 19.5 Å². The first-order valence-corrected chi connectivity index (χ1v) is 4.80. The Morgan fingerprint density at radius 3 is 3.00 bits per heavy atom. The average Bonchev–Trinajstić information content (AvgIpc) is 2.18. The number of hydrogen-bond donors (Lipinski definition) is 2. The predicted molar refractivity (Wildman–Crippen MR) is 53.3 cm³/mol. The maximum Gasteiger partial charge on any atom is 0.142 e. The normalized spacial score (nSPS) is 22.3. The summed E-state index contributed by atoms with van der Waals surface area (Å²) in [4.78, 5) is 11.6. The molecule has 1 aromatic carbocycles. The van der Waals surface area contributed by atoms with Gasteiger partial charge in [-0.2, -0.15) is 0 Å². The second-order valence-electron chi connectivity index (χ2n) is 3.57. The van der Waals surface area contributed by atoms with Crippen LogP contribution in [0.4, 0.5) is 0 Å². The Labute approximate surface area is 82.8 Å². The van der Waals surface area contributed by atoms with Gasteiger partial charge in [0.25, 0.3) is 0 Å². The number of Topliss-reactive ketones (excluding diaryl/α,β-unsaturated/α-hetero) is 1. The van der Waals surface area contributed by atoms with E-state index in [1.54, 1.807) is 18.2 Å². The molecule has 74 valence electrons. The Balaban J connectivity index is 2.24. The van der Waals surface area contributed by atoms with Crippen LogP contribution >= 0.6 is 0 Å². The Hall–Kier alpha value is -1.35. The first-order chi connectivity index (χ1) is 6.77. The zero-order valence-electron chi connectivity index (χ0n) is 7.86. The number of piperidine rings is 1. The van der Waals surface area contributed by atoms with Crippen molar-refractivity contribution in [1.29, 1.82) is 0 Å². The minimum Gasteiger partial charge on any atom is -0.508 e. The fourth-order valence-electron chi connectivity index (χ4n) is 1.79. The van der Waals surface area contributed by atoms with Gasteiger partial charge in [-0.15, -0.1) is 0 Å². The van der Waals surface area contributed by atoms with Crippen LogP contribution in [0.25, 0.3) is 0 Å². The van der Waals surface area contributed by atoms with Gasteiger partial charge < -0.3 is 10.4 Å². The number of nitrogens with one attached hydrogen (secondary N) is 1. The Morgan fingerprint density at radius 1 is 1.43 bits per heavy atom.